The number of para-hydroxylation sites is 2. The smallest absolute Gasteiger partial charge is 0.267 e. The monoisotopic (exact) mass is 260 g/mol. The van der Waals surface area contributed by atoms with Crippen LogP contribution in [0.4, 0.5) is 0 Å². The summed E-state index contributed by atoms with van der Waals surface area (Å²) in [7, 11) is -3.53. The molecule has 6 heteroatoms. The van der Waals surface area contributed by atoms with Crippen molar-refractivity contribution in [3.8, 4) is 11.5 Å². The lowest BCUT2D eigenvalue weighted by Crippen LogP contribution is -2.20. The molecule has 1 rings (SSSR count). The van der Waals surface area contributed by atoms with Crippen LogP contribution < -0.4 is 9.47 Å². The summed E-state index contributed by atoms with van der Waals surface area (Å²) in [5.74, 6) is 1.00. The molecule has 17 heavy (non-hydrogen) atoms. The Bertz CT molecular complexity index is 455. The molecular weight excluding hydrogens is 244 g/mol. The third-order valence-corrected chi connectivity index (χ3v) is 2.37. The molecule has 0 amide bonds. The maximum Gasteiger partial charge on any atom is 0.267 e. The largest absolute Gasteiger partial charge is 0.490 e. The summed E-state index contributed by atoms with van der Waals surface area (Å²) in [5, 5.41) is 0. The van der Waals surface area contributed by atoms with Gasteiger partial charge in [-0.15, -0.1) is 0 Å². The lowest BCUT2D eigenvalue weighted by Gasteiger charge is -2.16. The van der Waals surface area contributed by atoms with E-state index in [9.17, 15) is 8.42 Å². The van der Waals surface area contributed by atoms with Crippen molar-refractivity contribution < 1.29 is 22.1 Å². The SMILES string of the molecule is CCOc1ccccc1OC(C)OS(C)(=O)=O. The topological polar surface area (TPSA) is 61.8 Å². The molecule has 0 aliphatic heterocycles. The predicted molar refractivity (Wildman–Crippen MR) is 63.6 cm³/mol. The minimum atomic E-state index is -3.53. The molecule has 0 aliphatic rings. The molecule has 96 valence electrons. The van der Waals surface area contributed by atoms with Crippen LogP contribution in [0.25, 0.3) is 0 Å². The Hall–Kier alpha value is -1.27. The van der Waals surface area contributed by atoms with Gasteiger partial charge in [0, 0.05) is 0 Å². The summed E-state index contributed by atoms with van der Waals surface area (Å²) in [6.07, 6.45) is 0.0769. The third kappa shape index (κ3) is 5.06. The molecule has 1 aromatic rings. The zero-order valence-electron chi connectivity index (χ0n) is 10.0. The molecule has 1 aromatic carbocycles. The second kappa shape index (κ2) is 5.88. The van der Waals surface area contributed by atoms with Crippen LogP contribution in [0, 0.1) is 0 Å². The van der Waals surface area contributed by atoms with Crippen molar-refractivity contribution in [3.63, 3.8) is 0 Å². The summed E-state index contributed by atoms with van der Waals surface area (Å²) in [5.41, 5.74) is 0. The number of rotatable bonds is 6. The zero-order chi connectivity index (χ0) is 12.9. The van der Waals surface area contributed by atoms with E-state index in [2.05, 4.69) is 4.18 Å². The molecule has 0 N–H and O–H groups in total. The highest BCUT2D eigenvalue weighted by molar-refractivity contribution is 7.86. The summed E-state index contributed by atoms with van der Waals surface area (Å²) in [6, 6.07) is 7.00. The quantitative estimate of drug-likeness (QED) is 0.576. The van der Waals surface area contributed by atoms with Gasteiger partial charge >= 0.3 is 0 Å². The molecule has 0 saturated carbocycles. The van der Waals surface area contributed by atoms with Gasteiger partial charge < -0.3 is 9.47 Å². The van der Waals surface area contributed by atoms with Crippen molar-refractivity contribution in [2.45, 2.75) is 20.1 Å². The van der Waals surface area contributed by atoms with Gasteiger partial charge in [-0.3, -0.25) is 0 Å². The standard InChI is InChI=1S/C11H16O5S/c1-4-14-10-7-5-6-8-11(10)15-9(2)16-17(3,12)13/h5-9H,4H2,1-3H3. The molecule has 0 aliphatic carbocycles. The summed E-state index contributed by atoms with van der Waals surface area (Å²) in [4.78, 5) is 0. The Kier molecular flexibility index (Phi) is 4.77. The summed E-state index contributed by atoms with van der Waals surface area (Å²) >= 11 is 0. The first-order valence-electron chi connectivity index (χ1n) is 5.19. The first-order chi connectivity index (χ1) is 7.92. The highest BCUT2D eigenvalue weighted by Gasteiger charge is 2.13. The van der Waals surface area contributed by atoms with Crippen LogP contribution in [0.5, 0.6) is 11.5 Å². The molecular formula is C11H16O5S. The Morgan fingerprint density at radius 1 is 1.24 bits per heavy atom. The van der Waals surface area contributed by atoms with E-state index in [1.807, 2.05) is 6.92 Å². The van der Waals surface area contributed by atoms with Gasteiger partial charge in [0.15, 0.2) is 11.5 Å². The molecule has 0 spiro atoms. The Morgan fingerprint density at radius 3 is 2.35 bits per heavy atom. The van der Waals surface area contributed by atoms with Crippen LogP contribution in [0.15, 0.2) is 24.3 Å². The fraction of sp³-hybridized carbons (Fsp3) is 0.455. The van der Waals surface area contributed by atoms with Crippen molar-refractivity contribution in [3.05, 3.63) is 24.3 Å². The predicted octanol–water partition coefficient (Wildman–Crippen LogP) is 1.79. The zero-order valence-corrected chi connectivity index (χ0v) is 10.9. The van der Waals surface area contributed by atoms with E-state index >= 15 is 0 Å². The molecule has 0 radical (unpaired) electrons. The van der Waals surface area contributed by atoms with E-state index in [0.29, 0.717) is 18.1 Å². The lowest BCUT2D eigenvalue weighted by molar-refractivity contribution is 0.0265. The molecule has 1 unspecified atom stereocenters. The van der Waals surface area contributed by atoms with Gasteiger partial charge in [0.1, 0.15) is 0 Å². The molecule has 0 saturated heterocycles. The third-order valence-electron chi connectivity index (χ3n) is 1.75. The first-order valence-corrected chi connectivity index (χ1v) is 7.00. The van der Waals surface area contributed by atoms with Gasteiger partial charge in [-0.2, -0.15) is 8.42 Å². The number of ether oxygens (including phenoxy) is 2. The Labute approximate surface area is 101 Å². The van der Waals surface area contributed by atoms with Crippen LogP contribution >= 0.6 is 0 Å². The van der Waals surface area contributed by atoms with Crippen molar-refractivity contribution >= 4 is 10.1 Å². The molecule has 5 nitrogen and oxygen atoms in total. The van der Waals surface area contributed by atoms with Gasteiger partial charge in [0.25, 0.3) is 10.1 Å². The normalized spacial score (nSPS) is 13.1. The summed E-state index contributed by atoms with van der Waals surface area (Å²) < 4.78 is 37.2. The van der Waals surface area contributed by atoms with Crippen molar-refractivity contribution in [2.75, 3.05) is 12.9 Å². The Balaban J connectivity index is 2.73. The average molecular weight is 260 g/mol. The van der Waals surface area contributed by atoms with Gasteiger partial charge in [-0.05, 0) is 26.0 Å². The minimum absolute atomic E-state index is 0.450. The van der Waals surface area contributed by atoms with Crippen molar-refractivity contribution in [1.82, 2.24) is 0 Å². The first kappa shape index (κ1) is 13.8. The molecule has 1 atom stereocenters. The second-order valence-electron chi connectivity index (χ2n) is 3.37. The van der Waals surface area contributed by atoms with E-state index in [1.165, 1.54) is 6.92 Å². The van der Waals surface area contributed by atoms with Crippen LogP contribution in [-0.4, -0.2) is 27.6 Å². The second-order valence-corrected chi connectivity index (χ2v) is 4.97. The fourth-order valence-electron chi connectivity index (χ4n) is 1.27. The molecule has 0 heterocycles. The van der Waals surface area contributed by atoms with Gasteiger partial charge in [-0.25, -0.2) is 4.18 Å². The fourth-order valence-corrected chi connectivity index (χ4v) is 1.80. The van der Waals surface area contributed by atoms with Gasteiger partial charge in [0.2, 0.25) is 6.29 Å². The number of benzene rings is 1. The molecule has 0 aromatic heterocycles. The maximum atomic E-state index is 10.9. The minimum Gasteiger partial charge on any atom is -0.490 e. The molecule has 0 bridgehead atoms. The lowest BCUT2D eigenvalue weighted by atomic mass is 10.3. The maximum absolute atomic E-state index is 10.9. The average Bonchev–Trinajstić information content (AvgIpc) is 2.18. The van der Waals surface area contributed by atoms with Crippen LogP contribution in [-0.2, 0) is 14.3 Å². The van der Waals surface area contributed by atoms with Crippen molar-refractivity contribution in [2.24, 2.45) is 0 Å². The van der Waals surface area contributed by atoms with E-state index in [1.54, 1.807) is 24.3 Å². The highest BCUT2D eigenvalue weighted by Crippen LogP contribution is 2.27. The number of hydrogen-bond acceptors (Lipinski definition) is 5. The summed E-state index contributed by atoms with van der Waals surface area (Å²) in [6.45, 7) is 3.86. The van der Waals surface area contributed by atoms with E-state index in [-0.39, 0.29) is 0 Å². The van der Waals surface area contributed by atoms with E-state index in [4.69, 9.17) is 9.47 Å². The molecule has 0 fully saturated rings. The Morgan fingerprint density at radius 2 is 1.82 bits per heavy atom. The van der Waals surface area contributed by atoms with Crippen LogP contribution in [0.2, 0.25) is 0 Å². The van der Waals surface area contributed by atoms with Gasteiger partial charge in [-0.1, -0.05) is 12.1 Å². The van der Waals surface area contributed by atoms with Crippen molar-refractivity contribution in [1.29, 1.82) is 0 Å². The van der Waals surface area contributed by atoms with Gasteiger partial charge in [0.05, 0.1) is 12.9 Å². The van der Waals surface area contributed by atoms with Crippen LogP contribution in [0.3, 0.4) is 0 Å². The van der Waals surface area contributed by atoms with Crippen LogP contribution in [0.1, 0.15) is 13.8 Å². The number of hydrogen-bond donors (Lipinski definition) is 0. The van der Waals surface area contributed by atoms with E-state index < -0.39 is 16.4 Å². The highest BCUT2D eigenvalue weighted by atomic mass is 32.2. The van der Waals surface area contributed by atoms with E-state index in [0.717, 1.165) is 6.26 Å².